The Morgan fingerprint density at radius 2 is 1.58 bits per heavy atom. The molecule has 3 amide bonds. The molecule has 1 aliphatic heterocycles. The number of hydrogen-bond donors (Lipinski definition) is 2. The first-order valence-corrected chi connectivity index (χ1v) is 11.9. The van der Waals surface area contributed by atoms with Crippen molar-refractivity contribution in [2.75, 3.05) is 36.3 Å². The Morgan fingerprint density at radius 3 is 2.12 bits per heavy atom. The summed E-state index contributed by atoms with van der Waals surface area (Å²) in [5.41, 5.74) is 1.74. The van der Waals surface area contributed by atoms with Crippen LogP contribution in [0, 0.1) is 0 Å². The lowest BCUT2D eigenvalue weighted by molar-refractivity contribution is -0.141. The number of carboxylic acids is 1. The number of carbonyl (C=O) groups excluding carboxylic acids is 3. The molecule has 1 atom stereocenters. The van der Waals surface area contributed by atoms with Crippen molar-refractivity contribution in [1.29, 1.82) is 0 Å². The zero-order valence-corrected chi connectivity index (χ0v) is 19.9. The molecule has 180 valence electrons. The zero-order chi connectivity index (χ0) is 24.2. The highest BCUT2D eigenvalue weighted by molar-refractivity contribution is 6.18. The van der Waals surface area contributed by atoms with Crippen LogP contribution >= 0.6 is 23.2 Å². The molecule has 0 fully saturated rings. The van der Waals surface area contributed by atoms with Crippen molar-refractivity contribution in [3.05, 3.63) is 42.0 Å². The second-order valence-corrected chi connectivity index (χ2v) is 8.42. The van der Waals surface area contributed by atoms with Gasteiger partial charge in [0.25, 0.3) is 11.8 Å². The monoisotopic (exact) mass is 497 g/mol. The molecule has 0 saturated heterocycles. The van der Waals surface area contributed by atoms with Crippen molar-refractivity contribution < 1.29 is 24.3 Å². The number of nitrogens with one attached hydrogen (secondary N) is 1. The molecule has 33 heavy (non-hydrogen) atoms. The van der Waals surface area contributed by atoms with Gasteiger partial charge in [-0.1, -0.05) is 18.6 Å². The van der Waals surface area contributed by atoms with E-state index in [0.29, 0.717) is 50.7 Å². The summed E-state index contributed by atoms with van der Waals surface area (Å²) in [6.07, 6.45) is 4.59. The number of amides is 3. The average molecular weight is 498 g/mol. The number of halogens is 2. The molecule has 8 nitrogen and oxygen atoms in total. The number of aliphatic carboxylic acids is 1. The van der Waals surface area contributed by atoms with Crippen LogP contribution in [-0.4, -0.2) is 71.1 Å². The smallest absolute Gasteiger partial charge is 0.326 e. The van der Waals surface area contributed by atoms with Gasteiger partial charge in [-0.3, -0.25) is 19.3 Å². The summed E-state index contributed by atoms with van der Waals surface area (Å²) in [7, 11) is 0. The van der Waals surface area contributed by atoms with Gasteiger partial charge in [0.1, 0.15) is 6.04 Å². The number of benzene rings is 1. The van der Waals surface area contributed by atoms with E-state index in [0.717, 1.165) is 16.2 Å². The number of carboxylic acid groups (broad SMARTS) is 1. The number of unbranched alkanes of at least 4 members (excludes halogenated alkanes) is 2. The van der Waals surface area contributed by atoms with Crippen molar-refractivity contribution in [2.45, 2.75) is 38.1 Å². The molecule has 0 aliphatic carbocycles. The molecule has 1 aromatic rings. The van der Waals surface area contributed by atoms with Gasteiger partial charge in [0, 0.05) is 62.1 Å². The van der Waals surface area contributed by atoms with Gasteiger partial charge in [0.2, 0.25) is 5.91 Å². The van der Waals surface area contributed by atoms with Crippen LogP contribution in [0.5, 0.6) is 0 Å². The van der Waals surface area contributed by atoms with Gasteiger partial charge in [0.15, 0.2) is 0 Å². The highest BCUT2D eigenvalue weighted by atomic mass is 35.5. The molecular weight excluding hydrogens is 469 g/mol. The molecular formula is C23H29Cl2N3O5. The fourth-order valence-corrected chi connectivity index (χ4v) is 3.91. The fraction of sp³-hybridized carbons (Fsp3) is 0.478. The Labute approximate surface area is 203 Å². The quantitative estimate of drug-likeness (QED) is 0.219. The molecule has 10 heteroatoms. The average Bonchev–Trinajstić information content (AvgIpc) is 3.11. The van der Waals surface area contributed by atoms with Gasteiger partial charge in [-0.15, -0.1) is 23.2 Å². The third-order valence-electron chi connectivity index (χ3n) is 5.27. The minimum absolute atomic E-state index is 0.165. The van der Waals surface area contributed by atoms with Gasteiger partial charge in [0.05, 0.1) is 0 Å². The lowest BCUT2D eigenvalue weighted by Gasteiger charge is -2.23. The molecule has 1 aliphatic rings. The van der Waals surface area contributed by atoms with E-state index in [1.54, 1.807) is 0 Å². The highest BCUT2D eigenvalue weighted by Gasteiger charge is 2.23. The zero-order valence-electron chi connectivity index (χ0n) is 18.3. The Bertz CT molecular complexity index is 836. The molecule has 0 spiro atoms. The lowest BCUT2D eigenvalue weighted by atomic mass is 10.0. The second kappa shape index (κ2) is 13.9. The first-order valence-electron chi connectivity index (χ1n) is 10.9. The van der Waals surface area contributed by atoms with Crippen LogP contribution in [0.2, 0.25) is 0 Å². The number of alkyl halides is 2. The summed E-state index contributed by atoms with van der Waals surface area (Å²) < 4.78 is 0. The number of carbonyl (C=O) groups is 4. The highest BCUT2D eigenvalue weighted by Crippen LogP contribution is 2.17. The third kappa shape index (κ3) is 8.70. The fourth-order valence-electron chi connectivity index (χ4n) is 3.50. The molecule has 0 aromatic heterocycles. The molecule has 2 N–H and O–H groups in total. The molecule has 0 unspecified atom stereocenters. The predicted molar refractivity (Wildman–Crippen MR) is 128 cm³/mol. The van der Waals surface area contributed by atoms with E-state index in [1.165, 1.54) is 12.2 Å². The summed E-state index contributed by atoms with van der Waals surface area (Å²) in [6, 6.07) is 6.42. The van der Waals surface area contributed by atoms with Gasteiger partial charge in [-0.2, -0.15) is 0 Å². The minimum atomic E-state index is -1.10. The molecule has 1 aromatic carbocycles. The normalized spacial score (nSPS) is 13.9. The molecule has 2 rings (SSSR count). The maximum atomic E-state index is 12.2. The third-order valence-corrected chi connectivity index (χ3v) is 5.61. The van der Waals surface area contributed by atoms with E-state index in [4.69, 9.17) is 23.2 Å². The molecule has 0 radical (unpaired) electrons. The van der Waals surface area contributed by atoms with Crippen LogP contribution in [0.4, 0.5) is 5.69 Å². The van der Waals surface area contributed by atoms with Crippen LogP contribution in [0.3, 0.4) is 0 Å². The molecule has 1 heterocycles. The Morgan fingerprint density at radius 1 is 0.970 bits per heavy atom. The first-order chi connectivity index (χ1) is 15.8. The van der Waals surface area contributed by atoms with Gasteiger partial charge in [-0.05, 0) is 30.5 Å². The predicted octanol–water partition coefficient (Wildman–Crippen LogP) is 2.57. The SMILES string of the molecule is O=C(CCCCCN1C(=O)C=CC1=O)N[C@H](Cc1ccc(N(CCCl)CCCl)cc1)C(=O)O. The number of hydrogen-bond acceptors (Lipinski definition) is 5. The van der Waals surface area contributed by atoms with Gasteiger partial charge < -0.3 is 15.3 Å². The van der Waals surface area contributed by atoms with E-state index < -0.39 is 12.0 Å². The Balaban J connectivity index is 1.77. The summed E-state index contributed by atoms with van der Waals surface area (Å²) in [5, 5.41) is 12.1. The maximum Gasteiger partial charge on any atom is 0.326 e. The van der Waals surface area contributed by atoms with E-state index >= 15 is 0 Å². The van der Waals surface area contributed by atoms with Crippen LogP contribution in [0.1, 0.15) is 31.2 Å². The number of imide groups is 1. The Kier molecular flexibility index (Phi) is 11.2. The summed E-state index contributed by atoms with van der Waals surface area (Å²) in [4.78, 5) is 50.1. The topological polar surface area (TPSA) is 107 Å². The summed E-state index contributed by atoms with van der Waals surface area (Å²) >= 11 is 11.7. The lowest BCUT2D eigenvalue weighted by Crippen LogP contribution is -2.42. The summed E-state index contributed by atoms with van der Waals surface area (Å²) in [5.74, 6) is -1.14. The second-order valence-electron chi connectivity index (χ2n) is 7.67. The van der Waals surface area contributed by atoms with E-state index in [-0.39, 0.29) is 30.6 Å². The van der Waals surface area contributed by atoms with E-state index in [2.05, 4.69) is 5.32 Å². The first kappa shape index (κ1) is 26.7. The van der Waals surface area contributed by atoms with Gasteiger partial charge >= 0.3 is 5.97 Å². The maximum absolute atomic E-state index is 12.2. The van der Waals surface area contributed by atoms with Crippen molar-refractivity contribution in [3.8, 4) is 0 Å². The van der Waals surface area contributed by atoms with Gasteiger partial charge in [-0.25, -0.2) is 4.79 Å². The van der Waals surface area contributed by atoms with Crippen molar-refractivity contribution in [3.63, 3.8) is 0 Å². The number of rotatable bonds is 15. The van der Waals surface area contributed by atoms with Crippen molar-refractivity contribution in [2.24, 2.45) is 0 Å². The van der Waals surface area contributed by atoms with Crippen LogP contribution < -0.4 is 10.2 Å². The minimum Gasteiger partial charge on any atom is -0.480 e. The molecule has 0 bridgehead atoms. The number of nitrogens with zero attached hydrogens (tertiary/aromatic N) is 2. The number of anilines is 1. The molecule has 0 saturated carbocycles. The Hall–Kier alpha value is -2.58. The van der Waals surface area contributed by atoms with Crippen molar-refractivity contribution >= 4 is 52.6 Å². The van der Waals surface area contributed by atoms with Crippen LogP contribution in [-0.2, 0) is 25.6 Å². The van der Waals surface area contributed by atoms with E-state index in [1.807, 2.05) is 29.2 Å². The van der Waals surface area contributed by atoms with Crippen LogP contribution in [0.25, 0.3) is 0 Å². The van der Waals surface area contributed by atoms with E-state index in [9.17, 15) is 24.3 Å². The summed E-state index contributed by atoms with van der Waals surface area (Å²) in [6.45, 7) is 1.62. The largest absolute Gasteiger partial charge is 0.480 e. The standard InChI is InChI=1S/C23H29Cl2N3O5/c24-11-14-27(15-12-25)18-7-5-17(6-8-18)16-19(23(32)33)26-20(29)4-2-1-3-13-28-21(30)9-10-22(28)31/h5-10,19H,1-4,11-16H2,(H,26,29)(H,32,33)/t19-/m1/s1. The van der Waals surface area contributed by atoms with Crippen molar-refractivity contribution in [1.82, 2.24) is 10.2 Å². The van der Waals surface area contributed by atoms with Crippen LogP contribution in [0.15, 0.2) is 36.4 Å².